The zero-order valence-corrected chi connectivity index (χ0v) is 30.1. The molecule has 2 rings (SSSR count). The van der Waals surface area contributed by atoms with Crippen molar-refractivity contribution >= 4 is 30.4 Å². The standard InChI is InChI=1S/2C7H10O7P2.3Zn/c2*8-7(15(9,10)11)16(12,13)14-6-4-2-1-3-5-6;;;/h2*1-5,7-8H,(H,12,13)(H2,9,10,11);;;/q;;3*+2/p-6. The maximum Gasteiger partial charge on any atom is 2.00 e. The van der Waals surface area contributed by atoms with E-state index in [0.29, 0.717) is 0 Å². The van der Waals surface area contributed by atoms with Crippen molar-refractivity contribution in [3.8, 4) is 11.5 Å². The maximum absolute atomic E-state index is 11.1. The van der Waals surface area contributed by atoms with Crippen LogP contribution < -0.4 is 38.4 Å². The van der Waals surface area contributed by atoms with Gasteiger partial charge in [0, 0.05) is 0 Å². The van der Waals surface area contributed by atoms with E-state index in [2.05, 4.69) is 9.05 Å². The molecule has 35 heavy (non-hydrogen) atoms. The van der Waals surface area contributed by atoms with Crippen molar-refractivity contribution in [2.45, 2.75) is 11.2 Å². The quantitative estimate of drug-likeness (QED) is 0.212. The van der Waals surface area contributed by atoms with Gasteiger partial charge in [0.25, 0.3) is 0 Å². The van der Waals surface area contributed by atoms with E-state index in [1.807, 2.05) is 0 Å². The summed E-state index contributed by atoms with van der Waals surface area (Å²) in [4.78, 5) is 63.6. The van der Waals surface area contributed by atoms with Gasteiger partial charge in [-0.05, 0) is 39.5 Å². The van der Waals surface area contributed by atoms with Crippen LogP contribution in [0.2, 0.25) is 0 Å². The molecular formula is C14H14O14P4Zn3. The monoisotopic (exact) mass is 722 g/mol. The summed E-state index contributed by atoms with van der Waals surface area (Å²) in [6.07, 6.45) is 0. The molecule has 0 bridgehead atoms. The van der Waals surface area contributed by atoms with Crippen LogP contribution in [0.1, 0.15) is 0 Å². The van der Waals surface area contributed by atoms with Crippen molar-refractivity contribution in [2.75, 3.05) is 0 Å². The number of aliphatic hydroxyl groups is 2. The van der Waals surface area contributed by atoms with Crippen LogP contribution in [-0.2, 0) is 76.7 Å². The molecule has 4 atom stereocenters. The summed E-state index contributed by atoms with van der Waals surface area (Å²) in [5, 5.41) is 17.6. The number of benzene rings is 2. The Balaban J connectivity index is -0.000000539. The maximum atomic E-state index is 11.1. The topological polar surface area (TPSA) is 266 Å². The summed E-state index contributed by atoms with van der Waals surface area (Å²) < 4.78 is 51.5. The van der Waals surface area contributed by atoms with E-state index >= 15 is 0 Å². The van der Waals surface area contributed by atoms with E-state index in [0.717, 1.165) is 0 Å². The summed E-state index contributed by atoms with van der Waals surface area (Å²) in [7, 11) is -21.7. The fourth-order valence-corrected chi connectivity index (χ4v) is 5.77. The van der Waals surface area contributed by atoms with Crippen molar-refractivity contribution in [3.05, 3.63) is 60.7 Å². The molecule has 0 amide bonds. The van der Waals surface area contributed by atoms with E-state index in [1.165, 1.54) is 48.5 Å². The first-order valence-electron chi connectivity index (χ1n) is 7.97. The molecule has 180 valence electrons. The molecule has 2 N–H and O–H groups in total. The Morgan fingerprint density at radius 2 is 0.771 bits per heavy atom. The molecule has 0 aromatic heterocycles. The van der Waals surface area contributed by atoms with Crippen LogP contribution in [0, 0.1) is 0 Å². The fourth-order valence-electron chi connectivity index (χ4n) is 1.70. The third-order valence-electron chi connectivity index (χ3n) is 3.08. The number of hydrogen-bond donors (Lipinski definition) is 2. The summed E-state index contributed by atoms with van der Waals surface area (Å²) in [5.41, 5.74) is -6.17. The first-order valence-corrected chi connectivity index (χ1v) is 14.4. The van der Waals surface area contributed by atoms with Gasteiger partial charge < -0.3 is 57.8 Å². The predicted octanol–water partition coefficient (Wildman–Crippen LogP) is -2.39. The molecular weight excluding hydrogens is 712 g/mol. The summed E-state index contributed by atoms with van der Waals surface area (Å²) in [6, 6.07) is 13.8. The fraction of sp³-hybridized carbons (Fsp3) is 0.143. The molecule has 0 heterocycles. The van der Waals surface area contributed by atoms with E-state index in [9.17, 15) is 47.6 Å². The van der Waals surface area contributed by atoms with Gasteiger partial charge in [-0.2, -0.15) is 0 Å². The van der Waals surface area contributed by atoms with E-state index < -0.39 is 41.6 Å². The van der Waals surface area contributed by atoms with Crippen molar-refractivity contribution in [1.29, 1.82) is 0 Å². The second-order valence-corrected chi connectivity index (χ2v) is 13.1. The van der Waals surface area contributed by atoms with Crippen molar-refractivity contribution < 1.29 is 125 Å². The Kier molecular flexibility index (Phi) is 18.8. The van der Waals surface area contributed by atoms with Gasteiger partial charge in [-0.3, -0.25) is 9.13 Å². The number of rotatable bonds is 8. The molecule has 0 aliphatic rings. The van der Waals surface area contributed by atoms with Gasteiger partial charge in [0.2, 0.25) is 15.2 Å². The summed E-state index contributed by atoms with van der Waals surface area (Å²) >= 11 is 0. The predicted molar refractivity (Wildman–Crippen MR) is 96.6 cm³/mol. The van der Waals surface area contributed by atoms with Gasteiger partial charge >= 0.3 is 58.4 Å². The Labute approximate surface area is 237 Å². The van der Waals surface area contributed by atoms with Gasteiger partial charge in [0.1, 0.15) is 11.5 Å². The molecule has 0 aliphatic heterocycles. The molecule has 0 radical (unpaired) electrons. The molecule has 2 aromatic carbocycles. The molecule has 2 aromatic rings. The van der Waals surface area contributed by atoms with Crippen LogP contribution >= 0.6 is 30.4 Å². The zero-order valence-electron chi connectivity index (χ0n) is 17.6. The molecule has 4 unspecified atom stereocenters. The number of aliphatic hydroxyl groups excluding tert-OH is 2. The molecule has 0 saturated heterocycles. The van der Waals surface area contributed by atoms with Crippen molar-refractivity contribution in [1.82, 2.24) is 0 Å². The van der Waals surface area contributed by atoms with Crippen LogP contribution in [0.15, 0.2) is 60.7 Å². The van der Waals surface area contributed by atoms with Crippen molar-refractivity contribution in [2.24, 2.45) is 0 Å². The van der Waals surface area contributed by atoms with Gasteiger partial charge in [-0.25, -0.2) is 0 Å². The third kappa shape index (κ3) is 14.3. The summed E-state index contributed by atoms with van der Waals surface area (Å²) in [5.74, 6) is -0.373. The number of para-hydroxylation sites is 2. The molecule has 0 spiro atoms. The second kappa shape index (κ2) is 16.5. The van der Waals surface area contributed by atoms with Gasteiger partial charge in [-0.15, -0.1) is 0 Å². The average Bonchev–Trinajstić information content (AvgIpc) is 2.67. The van der Waals surface area contributed by atoms with Gasteiger partial charge in [-0.1, -0.05) is 36.4 Å². The minimum absolute atomic E-state index is 0. The normalized spacial score (nSPS) is 16.0. The minimum atomic E-state index is -5.66. The van der Waals surface area contributed by atoms with Crippen molar-refractivity contribution in [3.63, 3.8) is 0 Å². The van der Waals surface area contributed by atoms with Crippen LogP contribution in [0.4, 0.5) is 0 Å². The number of hydrogen-bond acceptors (Lipinski definition) is 14. The first-order chi connectivity index (χ1) is 14.5. The Hall–Kier alpha value is 0.510. The van der Waals surface area contributed by atoms with Crippen LogP contribution in [0.25, 0.3) is 0 Å². The average molecular weight is 726 g/mol. The SMILES string of the molecule is O=P([O-])([O-])C(O)P(=O)([O-])Oc1ccccc1.O=P([O-])([O-])C(O)P(=O)([O-])Oc1ccccc1.[Zn+2].[Zn+2].[Zn+2]. The van der Waals surface area contributed by atoms with E-state index in [4.69, 9.17) is 10.2 Å². The van der Waals surface area contributed by atoms with Crippen LogP contribution in [0.5, 0.6) is 11.5 Å². The Morgan fingerprint density at radius 3 is 0.971 bits per heavy atom. The zero-order chi connectivity index (χ0) is 24.8. The smallest absolute Gasteiger partial charge is 0.809 e. The Morgan fingerprint density at radius 1 is 0.543 bits per heavy atom. The minimum Gasteiger partial charge on any atom is -0.809 e. The molecule has 14 nitrogen and oxygen atoms in total. The second-order valence-electron chi connectivity index (χ2n) is 5.66. The first kappa shape index (κ1) is 40.0. The molecule has 21 heteroatoms. The molecule has 0 saturated carbocycles. The van der Waals surface area contributed by atoms with E-state index in [-0.39, 0.29) is 69.9 Å². The summed E-state index contributed by atoms with van der Waals surface area (Å²) in [6.45, 7) is 0. The van der Waals surface area contributed by atoms with Crippen LogP contribution in [0.3, 0.4) is 0 Å². The van der Waals surface area contributed by atoms with Gasteiger partial charge in [0.05, 0.1) is 0 Å². The van der Waals surface area contributed by atoms with E-state index in [1.54, 1.807) is 12.1 Å². The van der Waals surface area contributed by atoms with Gasteiger partial charge in [0.15, 0.2) is 11.2 Å². The molecule has 0 aliphatic carbocycles. The third-order valence-corrected chi connectivity index (χ3v) is 9.67. The van der Waals surface area contributed by atoms with Crippen LogP contribution in [-0.4, -0.2) is 21.4 Å². The molecule has 0 fully saturated rings. The Bertz CT molecular complexity index is 979. The largest absolute Gasteiger partial charge is 2.00 e.